The van der Waals surface area contributed by atoms with Gasteiger partial charge in [-0.25, -0.2) is 0 Å². The first-order valence-corrected chi connectivity index (χ1v) is 9.10. The van der Waals surface area contributed by atoms with Gasteiger partial charge in [0.2, 0.25) is 5.76 Å². The normalized spacial score (nSPS) is 19.7. The molecule has 1 aromatic heterocycles. The molecule has 0 atom stereocenters. The molecule has 6 heteroatoms. The molecule has 0 aliphatic heterocycles. The molecule has 1 aliphatic carbocycles. The number of rotatable bonds is 4. The van der Waals surface area contributed by atoms with Crippen molar-refractivity contribution in [1.29, 1.82) is 0 Å². The third-order valence-electron chi connectivity index (χ3n) is 5.31. The number of aliphatic carboxylic acids is 1. The lowest BCUT2D eigenvalue weighted by Gasteiger charge is -2.26. The second-order valence-corrected chi connectivity index (χ2v) is 6.99. The van der Waals surface area contributed by atoms with Crippen molar-refractivity contribution in [2.75, 3.05) is 5.32 Å². The lowest BCUT2D eigenvalue weighted by atomic mass is 9.79. The molecule has 1 saturated carbocycles. The summed E-state index contributed by atoms with van der Waals surface area (Å²) < 4.78 is 5.19. The summed E-state index contributed by atoms with van der Waals surface area (Å²) in [5.41, 5.74) is 2.51. The van der Waals surface area contributed by atoms with Gasteiger partial charge in [-0.1, -0.05) is 29.4 Å². The lowest BCUT2D eigenvalue weighted by Crippen LogP contribution is -2.20. The molecule has 2 aromatic carbocycles. The van der Waals surface area contributed by atoms with Crippen LogP contribution in [0.3, 0.4) is 0 Å². The summed E-state index contributed by atoms with van der Waals surface area (Å²) in [7, 11) is 0. The number of benzene rings is 2. The molecule has 2 N–H and O–H groups in total. The van der Waals surface area contributed by atoms with Crippen LogP contribution in [-0.2, 0) is 4.79 Å². The molecule has 4 rings (SSSR count). The molecule has 27 heavy (non-hydrogen) atoms. The smallest absolute Gasteiger partial charge is 0.306 e. The number of nitrogens with zero attached hydrogens (tertiary/aromatic N) is 1. The van der Waals surface area contributed by atoms with E-state index in [9.17, 15) is 9.59 Å². The third kappa shape index (κ3) is 3.56. The molecule has 0 unspecified atom stereocenters. The molecule has 0 saturated heterocycles. The van der Waals surface area contributed by atoms with Gasteiger partial charge in [-0.2, -0.15) is 0 Å². The van der Waals surface area contributed by atoms with E-state index in [0.717, 1.165) is 25.7 Å². The van der Waals surface area contributed by atoms with Crippen LogP contribution in [0.1, 0.15) is 47.7 Å². The molecule has 1 amide bonds. The number of amides is 1. The number of carbonyl (C=O) groups excluding carboxylic acids is 1. The SMILES string of the molecule is O=C(Nc1ccc([C@H]2CC[C@H](C(=O)O)CC2)cc1)c1onc2ccccc12. The van der Waals surface area contributed by atoms with Gasteiger partial charge in [-0.3, -0.25) is 9.59 Å². The molecular formula is C21H20N2O4. The quantitative estimate of drug-likeness (QED) is 0.714. The Kier molecular flexibility index (Phi) is 4.62. The molecule has 1 fully saturated rings. The van der Waals surface area contributed by atoms with Crippen molar-refractivity contribution in [3.05, 3.63) is 59.9 Å². The average Bonchev–Trinajstić information content (AvgIpc) is 3.13. The summed E-state index contributed by atoms with van der Waals surface area (Å²) in [6.45, 7) is 0. The summed E-state index contributed by atoms with van der Waals surface area (Å²) in [6.07, 6.45) is 3.20. The van der Waals surface area contributed by atoms with Gasteiger partial charge in [-0.15, -0.1) is 0 Å². The Morgan fingerprint density at radius 3 is 2.41 bits per heavy atom. The van der Waals surface area contributed by atoms with E-state index in [1.165, 1.54) is 5.56 Å². The molecule has 0 bridgehead atoms. The van der Waals surface area contributed by atoms with Crippen LogP contribution < -0.4 is 5.32 Å². The van der Waals surface area contributed by atoms with Crippen LogP contribution >= 0.6 is 0 Å². The number of carboxylic acids is 1. The minimum atomic E-state index is -0.688. The van der Waals surface area contributed by atoms with Crippen LogP contribution in [0.5, 0.6) is 0 Å². The fourth-order valence-corrected chi connectivity index (χ4v) is 3.75. The molecular weight excluding hydrogens is 344 g/mol. The first kappa shape index (κ1) is 17.3. The van der Waals surface area contributed by atoms with E-state index in [1.54, 1.807) is 12.1 Å². The van der Waals surface area contributed by atoms with Crippen molar-refractivity contribution < 1.29 is 19.2 Å². The molecule has 138 valence electrons. The predicted octanol–water partition coefficient (Wildman–Crippen LogP) is 4.44. The van der Waals surface area contributed by atoms with Crippen LogP contribution in [0.4, 0.5) is 5.69 Å². The Morgan fingerprint density at radius 2 is 1.70 bits per heavy atom. The highest BCUT2D eigenvalue weighted by Gasteiger charge is 2.26. The van der Waals surface area contributed by atoms with E-state index in [0.29, 0.717) is 22.5 Å². The highest BCUT2D eigenvalue weighted by Crippen LogP contribution is 2.36. The first-order chi connectivity index (χ1) is 13.1. The maximum atomic E-state index is 12.5. The number of aromatic nitrogens is 1. The van der Waals surface area contributed by atoms with Crippen molar-refractivity contribution in [1.82, 2.24) is 5.16 Å². The Morgan fingerprint density at radius 1 is 1.00 bits per heavy atom. The molecule has 0 radical (unpaired) electrons. The summed E-state index contributed by atoms with van der Waals surface area (Å²) in [5.74, 6) is -0.661. The topological polar surface area (TPSA) is 92.4 Å². The van der Waals surface area contributed by atoms with Gasteiger partial charge in [0.15, 0.2) is 0 Å². The van der Waals surface area contributed by atoms with Crippen LogP contribution in [-0.4, -0.2) is 22.1 Å². The van der Waals surface area contributed by atoms with Gasteiger partial charge >= 0.3 is 5.97 Å². The van der Waals surface area contributed by atoms with Gasteiger partial charge in [-0.05, 0) is 61.4 Å². The average molecular weight is 364 g/mol. The third-order valence-corrected chi connectivity index (χ3v) is 5.31. The lowest BCUT2D eigenvalue weighted by molar-refractivity contribution is -0.142. The Bertz CT molecular complexity index is 969. The summed E-state index contributed by atoms with van der Waals surface area (Å²) in [4.78, 5) is 23.5. The summed E-state index contributed by atoms with van der Waals surface area (Å²) in [5, 5.41) is 16.5. The zero-order valence-corrected chi connectivity index (χ0v) is 14.7. The van der Waals surface area contributed by atoms with E-state index in [2.05, 4.69) is 10.5 Å². The van der Waals surface area contributed by atoms with E-state index in [4.69, 9.17) is 9.63 Å². The second-order valence-electron chi connectivity index (χ2n) is 6.99. The van der Waals surface area contributed by atoms with Gasteiger partial charge < -0.3 is 14.9 Å². The second kappa shape index (κ2) is 7.23. The highest BCUT2D eigenvalue weighted by molar-refractivity contribution is 6.10. The highest BCUT2D eigenvalue weighted by atomic mass is 16.5. The van der Waals surface area contributed by atoms with Crippen molar-refractivity contribution in [3.63, 3.8) is 0 Å². The zero-order valence-electron chi connectivity index (χ0n) is 14.7. The number of carbonyl (C=O) groups is 2. The minimum absolute atomic E-state index is 0.196. The van der Waals surface area contributed by atoms with E-state index >= 15 is 0 Å². The maximum absolute atomic E-state index is 12.5. The molecule has 6 nitrogen and oxygen atoms in total. The van der Waals surface area contributed by atoms with Gasteiger partial charge in [0.05, 0.1) is 11.3 Å². The fourth-order valence-electron chi connectivity index (χ4n) is 3.75. The van der Waals surface area contributed by atoms with Crippen LogP contribution in [0, 0.1) is 5.92 Å². The Hall–Kier alpha value is -3.15. The molecule has 0 spiro atoms. The van der Waals surface area contributed by atoms with Gasteiger partial charge in [0, 0.05) is 5.69 Å². The zero-order chi connectivity index (χ0) is 18.8. The number of hydrogen-bond donors (Lipinski definition) is 2. The maximum Gasteiger partial charge on any atom is 0.306 e. The minimum Gasteiger partial charge on any atom is -0.481 e. The number of hydrogen-bond acceptors (Lipinski definition) is 4. The number of anilines is 1. The van der Waals surface area contributed by atoms with Crippen LogP contribution in [0.25, 0.3) is 10.9 Å². The Labute approximate surface area is 156 Å². The van der Waals surface area contributed by atoms with Crippen LogP contribution in [0.15, 0.2) is 53.1 Å². The first-order valence-electron chi connectivity index (χ1n) is 9.10. The van der Waals surface area contributed by atoms with Gasteiger partial charge in [0.25, 0.3) is 5.91 Å². The summed E-state index contributed by atoms with van der Waals surface area (Å²) >= 11 is 0. The van der Waals surface area contributed by atoms with Crippen molar-refractivity contribution in [2.24, 2.45) is 5.92 Å². The van der Waals surface area contributed by atoms with Crippen LogP contribution in [0.2, 0.25) is 0 Å². The monoisotopic (exact) mass is 364 g/mol. The molecule has 1 heterocycles. The number of nitrogens with one attached hydrogen (secondary N) is 1. The predicted molar refractivity (Wildman–Crippen MR) is 101 cm³/mol. The standard InChI is InChI=1S/C21H20N2O4/c24-20(19-17-3-1-2-4-18(17)23-27-19)22-16-11-9-14(10-12-16)13-5-7-15(8-6-13)21(25)26/h1-4,9-13,15H,5-8H2,(H,22,24)(H,25,26)/t13-,15-. The summed E-state index contributed by atoms with van der Waals surface area (Å²) in [6, 6.07) is 15.0. The van der Waals surface area contributed by atoms with E-state index in [-0.39, 0.29) is 17.6 Å². The molecule has 1 aliphatic rings. The number of fused-ring (bicyclic) bond motifs is 1. The van der Waals surface area contributed by atoms with Gasteiger partial charge in [0.1, 0.15) is 5.52 Å². The number of carboxylic acid groups (broad SMARTS) is 1. The van der Waals surface area contributed by atoms with E-state index < -0.39 is 5.97 Å². The largest absolute Gasteiger partial charge is 0.481 e. The molecule has 3 aromatic rings. The van der Waals surface area contributed by atoms with Crippen molar-refractivity contribution >= 4 is 28.5 Å². The fraction of sp³-hybridized carbons (Fsp3) is 0.286. The van der Waals surface area contributed by atoms with E-state index in [1.807, 2.05) is 36.4 Å². The van der Waals surface area contributed by atoms with Crippen molar-refractivity contribution in [2.45, 2.75) is 31.6 Å². The van der Waals surface area contributed by atoms with Crippen molar-refractivity contribution in [3.8, 4) is 0 Å². The Balaban J connectivity index is 1.42.